The molecule has 1 aliphatic rings. The largest absolute Gasteiger partial charge is 0.376 e. The molecule has 1 heterocycles. The first-order valence-corrected chi connectivity index (χ1v) is 7.68. The highest BCUT2D eigenvalue weighted by atomic mass is 16.2. The van der Waals surface area contributed by atoms with Crippen molar-refractivity contribution in [3.63, 3.8) is 0 Å². The Bertz CT molecular complexity index is 431. The average Bonchev–Trinajstić information content (AvgIpc) is 2.46. The molecule has 1 aromatic rings. The molecule has 3 nitrogen and oxygen atoms in total. The molecule has 0 saturated carbocycles. The molecule has 2 rings (SSSR count). The molecule has 0 spiro atoms. The minimum atomic E-state index is 0.213. The summed E-state index contributed by atoms with van der Waals surface area (Å²) in [6.07, 6.45) is 2.27. The molecule has 0 unspecified atom stereocenters. The maximum Gasteiger partial charge on any atom is 0.241 e. The molecular weight excluding hydrogens is 248 g/mol. The van der Waals surface area contributed by atoms with Crippen molar-refractivity contribution in [2.24, 2.45) is 5.92 Å². The molecule has 1 amide bonds. The van der Waals surface area contributed by atoms with E-state index in [1.165, 1.54) is 5.56 Å². The van der Waals surface area contributed by atoms with Gasteiger partial charge in [-0.15, -0.1) is 0 Å². The van der Waals surface area contributed by atoms with E-state index < -0.39 is 0 Å². The predicted octanol–water partition coefficient (Wildman–Crippen LogP) is 3.48. The first-order valence-electron chi connectivity index (χ1n) is 7.68. The Morgan fingerprint density at radius 3 is 2.40 bits per heavy atom. The van der Waals surface area contributed by atoms with Crippen LogP contribution in [0.15, 0.2) is 24.3 Å². The van der Waals surface area contributed by atoms with Crippen LogP contribution in [0.5, 0.6) is 0 Å². The highest BCUT2D eigenvalue weighted by molar-refractivity contribution is 5.80. The number of piperidine rings is 1. The number of carbonyl (C=O) groups is 1. The van der Waals surface area contributed by atoms with Gasteiger partial charge < -0.3 is 10.2 Å². The topological polar surface area (TPSA) is 32.3 Å². The van der Waals surface area contributed by atoms with E-state index in [9.17, 15) is 4.79 Å². The molecule has 0 aromatic heterocycles. The van der Waals surface area contributed by atoms with Gasteiger partial charge in [0, 0.05) is 18.8 Å². The monoisotopic (exact) mass is 274 g/mol. The summed E-state index contributed by atoms with van der Waals surface area (Å²) in [5.41, 5.74) is 2.35. The molecule has 0 bridgehead atoms. The van der Waals surface area contributed by atoms with Crippen molar-refractivity contribution >= 4 is 11.6 Å². The number of benzene rings is 1. The van der Waals surface area contributed by atoms with Crippen LogP contribution in [-0.2, 0) is 4.79 Å². The molecule has 110 valence electrons. The van der Waals surface area contributed by atoms with Crippen LogP contribution in [0, 0.1) is 5.92 Å². The second kappa shape index (κ2) is 6.78. The number of likely N-dealkylation sites (tertiary alicyclic amines) is 1. The lowest BCUT2D eigenvalue weighted by molar-refractivity contribution is -0.130. The standard InChI is InChI=1S/C17H26N2O/c1-13(2)15-4-6-16(7-5-15)18-12-17(20)19-10-8-14(3)9-11-19/h4-7,13-14,18H,8-12H2,1-3H3. The van der Waals surface area contributed by atoms with Gasteiger partial charge in [0.2, 0.25) is 5.91 Å². The fourth-order valence-corrected chi connectivity index (χ4v) is 2.53. The van der Waals surface area contributed by atoms with Gasteiger partial charge in [-0.25, -0.2) is 0 Å². The fraction of sp³-hybridized carbons (Fsp3) is 0.588. The van der Waals surface area contributed by atoms with Gasteiger partial charge in [0.05, 0.1) is 6.54 Å². The zero-order valence-corrected chi connectivity index (χ0v) is 12.9. The van der Waals surface area contributed by atoms with Crippen molar-refractivity contribution in [2.75, 3.05) is 25.0 Å². The Hall–Kier alpha value is -1.51. The number of nitrogens with zero attached hydrogens (tertiary/aromatic N) is 1. The Balaban J connectivity index is 1.81. The maximum atomic E-state index is 12.1. The van der Waals surface area contributed by atoms with Crippen molar-refractivity contribution in [1.29, 1.82) is 0 Å². The zero-order chi connectivity index (χ0) is 14.5. The minimum Gasteiger partial charge on any atom is -0.376 e. The van der Waals surface area contributed by atoms with Crippen LogP contribution in [-0.4, -0.2) is 30.4 Å². The predicted molar refractivity (Wildman–Crippen MR) is 84.0 cm³/mol. The van der Waals surface area contributed by atoms with E-state index in [0.29, 0.717) is 12.5 Å². The highest BCUT2D eigenvalue weighted by Crippen LogP contribution is 2.18. The molecule has 0 aliphatic carbocycles. The molecule has 1 fully saturated rings. The summed E-state index contributed by atoms with van der Waals surface area (Å²) in [6.45, 7) is 8.85. The number of anilines is 1. The number of rotatable bonds is 4. The SMILES string of the molecule is CC1CCN(C(=O)CNc2ccc(C(C)C)cc2)CC1. The Kier molecular flexibility index (Phi) is 5.05. The number of nitrogens with one attached hydrogen (secondary N) is 1. The highest BCUT2D eigenvalue weighted by Gasteiger charge is 2.19. The maximum absolute atomic E-state index is 12.1. The molecular formula is C17H26N2O. The van der Waals surface area contributed by atoms with Crippen molar-refractivity contribution in [1.82, 2.24) is 4.90 Å². The lowest BCUT2D eigenvalue weighted by atomic mass is 9.99. The second-order valence-corrected chi connectivity index (χ2v) is 6.19. The van der Waals surface area contributed by atoms with Crippen LogP contribution in [0.1, 0.15) is 45.1 Å². The summed E-state index contributed by atoms with van der Waals surface area (Å²) in [5.74, 6) is 1.52. The Morgan fingerprint density at radius 1 is 1.25 bits per heavy atom. The normalized spacial score (nSPS) is 16.5. The number of carbonyl (C=O) groups excluding carboxylic acids is 1. The van der Waals surface area contributed by atoms with E-state index in [1.54, 1.807) is 0 Å². The van der Waals surface area contributed by atoms with Crippen LogP contribution < -0.4 is 5.32 Å². The molecule has 1 aromatic carbocycles. The quantitative estimate of drug-likeness (QED) is 0.911. The van der Waals surface area contributed by atoms with Gasteiger partial charge in [0.1, 0.15) is 0 Å². The third-order valence-corrected chi connectivity index (χ3v) is 4.16. The second-order valence-electron chi connectivity index (χ2n) is 6.19. The number of amides is 1. The zero-order valence-electron chi connectivity index (χ0n) is 12.9. The summed E-state index contributed by atoms with van der Waals surface area (Å²) < 4.78 is 0. The van der Waals surface area contributed by atoms with Gasteiger partial charge in [-0.05, 0) is 42.4 Å². The van der Waals surface area contributed by atoms with E-state index >= 15 is 0 Å². The molecule has 0 atom stereocenters. The van der Waals surface area contributed by atoms with Gasteiger partial charge in [-0.1, -0.05) is 32.9 Å². The fourth-order valence-electron chi connectivity index (χ4n) is 2.53. The van der Waals surface area contributed by atoms with Crippen LogP contribution in [0.25, 0.3) is 0 Å². The summed E-state index contributed by atoms with van der Waals surface area (Å²) in [6, 6.07) is 8.36. The van der Waals surface area contributed by atoms with Gasteiger partial charge in [0.15, 0.2) is 0 Å². The van der Waals surface area contributed by atoms with Gasteiger partial charge in [-0.3, -0.25) is 4.79 Å². The minimum absolute atomic E-state index is 0.213. The Labute approximate surface area is 122 Å². The summed E-state index contributed by atoms with van der Waals surface area (Å²) >= 11 is 0. The van der Waals surface area contributed by atoms with Crippen molar-refractivity contribution in [2.45, 2.75) is 39.5 Å². The van der Waals surface area contributed by atoms with E-state index in [0.717, 1.165) is 37.5 Å². The molecule has 0 radical (unpaired) electrons. The van der Waals surface area contributed by atoms with Crippen molar-refractivity contribution in [3.05, 3.63) is 29.8 Å². The lowest BCUT2D eigenvalue weighted by Gasteiger charge is -2.30. The molecule has 1 aliphatic heterocycles. The van der Waals surface area contributed by atoms with E-state index in [1.807, 2.05) is 4.90 Å². The third-order valence-electron chi connectivity index (χ3n) is 4.16. The number of hydrogen-bond donors (Lipinski definition) is 1. The summed E-state index contributed by atoms with van der Waals surface area (Å²) in [4.78, 5) is 14.1. The van der Waals surface area contributed by atoms with Gasteiger partial charge in [0.25, 0.3) is 0 Å². The van der Waals surface area contributed by atoms with Gasteiger partial charge >= 0.3 is 0 Å². The van der Waals surface area contributed by atoms with Crippen LogP contribution in [0.2, 0.25) is 0 Å². The van der Waals surface area contributed by atoms with Crippen molar-refractivity contribution < 1.29 is 4.79 Å². The van der Waals surface area contributed by atoms with E-state index in [2.05, 4.69) is 50.4 Å². The first kappa shape index (κ1) is 14.9. The Morgan fingerprint density at radius 2 is 1.85 bits per heavy atom. The summed E-state index contributed by atoms with van der Waals surface area (Å²) in [5, 5.41) is 3.23. The van der Waals surface area contributed by atoms with Crippen LogP contribution in [0.4, 0.5) is 5.69 Å². The van der Waals surface area contributed by atoms with E-state index in [-0.39, 0.29) is 5.91 Å². The molecule has 3 heteroatoms. The average molecular weight is 274 g/mol. The molecule has 20 heavy (non-hydrogen) atoms. The number of hydrogen-bond acceptors (Lipinski definition) is 2. The van der Waals surface area contributed by atoms with Crippen LogP contribution in [0.3, 0.4) is 0 Å². The van der Waals surface area contributed by atoms with Crippen LogP contribution >= 0.6 is 0 Å². The smallest absolute Gasteiger partial charge is 0.241 e. The molecule has 1 saturated heterocycles. The van der Waals surface area contributed by atoms with Crippen molar-refractivity contribution in [3.8, 4) is 0 Å². The first-order chi connectivity index (χ1) is 9.56. The molecule has 1 N–H and O–H groups in total. The van der Waals surface area contributed by atoms with E-state index in [4.69, 9.17) is 0 Å². The summed E-state index contributed by atoms with van der Waals surface area (Å²) in [7, 11) is 0. The van der Waals surface area contributed by atoms with Gasteiger partial charge in [-0.2, -0.15) is 0 Å². The third kappa shape index (κ3) is 3.99. The lowest BCUT2D eigenvalue weighted by Crippen LogP contribution is -2.40.